The number of benzene rings is 1. The zero-order valence-electron chi connectivity index (χ0n) is 25.5. The Labute approximate surface area is 260 Å². The molecule has 4 aromatic rings. The number of carboxylic acid groups (broad SMARTS) is 1. The Morgan fingerprint density at radius 1 is 1.19 bits per heavy atom. The van der Waals surface area contributed by atoms with Crippen LogP contribution in [0.15, 0.2) is 34.0 Å². The number of sulfone groups is 1. The lowest BCUT2D eigenvalue weighted by molar-refractivity contribution is 0.0880. The van der Waals surface area contributed by atoms with Crippen LogP contribution in [0.2, 0.25) is 25.7 Å². The summed E-state index contributed by atoms with van der Waals surface area (Å²) < 4.78 is 34.6. The van der Waals surface area contributed by atoms with E-state index in [9.17, 15) is 18.3 Å². The lowest BCUT2D eigenvalue weighted by Crippen LogP contribution is -2.45. The Hall–Kier alpha value is -3.08. The van der Waals surface area contributed by atoms with Crippen molar-refractivity contribution < 1.29 is 23.1 Å². The number of fused-ring (bicyclic) bond motifs is 2. The van der Waals surface area contributed by atoms with Crippen LogP contribution in [0.1, 0.15) is 32.2 Å². The molecule has 1 amide bonds. The highest BCUT2D eigenvalue weighted by Gasteiger charge is 2.26. The highest BCUT2D eigenvalue weighted by molar-refractivity contribution is 9.10. The smallest absolute Gasteiger partial charge is 0.407 e. The van der Waals surface area contributed by atoms with Crippen LogP contribution in [-0.2, 0) is 34.3 Å². The second-order valence-corrected chi connectivity index (χ2v) is 21.1. The van der Waals surface area contributed by atoms with Crippen molar-refractivity contribution in [1.29, 1.82) is 0 Å². The molecule has 2 N–H and O–H groups in total. The van der Waals surface area contributed by atoms with Gasteiger partial charge < -0.3 is 24.6 Å². The second kappa shape index (κ2) is 12.5. The van der Waals surface area contributed by atoms with Crippen LogP contribution in [0.5, 0.6) is 0 Å². The number of nitrogens with one attached hydrogen (secondary N) is 1. The molecule has 3 aromatic heterocycles. The molecule has 0 bridgehead atoms. The fourth-order valence-corrected chi connectivity index (χ4v) is 6.02. The van der Waals surface area contributed by atoms with Crippen LogP contribution in [0.4, 0.5) is 10.7 Å². The first-order chi connectivity index (χ1) is 19.9. The standard InChI is InChI=1S/C27H39BrN8O5SSi/c1-27(2,3)35(26(37)38)11-10-18-8-9-20-21(14-18)34(17-41-12-13-43(5,6)7)22(31-20)16-29-24-33-25(42(4,39)40)32-23-19(28)15-30-36(23)24/h8-9,14-15H,10-13,16-17H2,1-7H3,(H,37,38)(H,29,32,33). The third kappa shape index (κ3) is 8.10. The van der Waals surface area contributed by atoms with Crippen molar-refractivity contribution in [1.82, 2.24) is 34.0 Å². The Kier molecular flexibility index (Phi) is 9.54. The third-order valence-corrected chi connectivity index (χ3v) is 9.92. The van der Waals surface area contributed by atoms with E-state index in [0.29, 0.717) is 35.5 Å². The molecule has 16 heteroatoms. The maximum atomic E-state index is 12.3. The summed E-state index contributed by atoms with van der Waals surface area (Å²) >= 11 is 3.37. The molecule has 0 aliphatic heterocycles. The summed E-state index contributed by atoms with van der Waals surface area (Å²) in [6, 6.07) is 6.91. The van der Waals surface area contributed by atoms with Gasteiger partial charge in [0.05, 0.1) is 28.2 Å². The van der Waals surface area contributed by atoms with E-state index in [1.54, 1.807) is 0 Å². The topological polar surface area (TPSA) is 157 Å². The summed E-state index contributed by atoms with van der Waals surface area (Å²) in [5.41, 5.74) is 2.38. The van der Waals surface area contributed by atoms with E-state index in [0.717, 1.165) is 28.9 Å². The average molecular weight is 696 g/mol. The van der Waals surface area contributed by atoms with E-state index in [1.165, 1.54) is 15.6 Å². The number of hydrogen-bond donors (Lipinski definition) is 2. The van der Waals surface area contributed by atoms with E-state index >= 15 is 0 Å². The number of halogens is 1. The number of rotatable bonds is 12. The van der Waals surface area contributed by atoms with Gasteiger partial charge in [0, 0.05) is 33.0 Å². The van der Waals surface area contributed by atoms with Gasteiger partial charge in [-0.05, 0) is 66.9 Å². The van der Waals surface area contributed by atoms with Gasteiger partial charge in [-0.15, -0.1) is 0 Å². The van der Waals surface area contributed by atoms with E-state index in [2.05, 4.69) is 56.0 Å². The summed E-state index contributed by atoms with van der Waals surface area (Å²) in [6.45, 7) is 14.0. The van der Waals surface area contributed by atoms with Crippen LogP contribution in [0.25, 0.3) is 16.7 Å². The Balaban J connectivity index is 1.66. The van der Waals surface area contributed by atoms with Crippen LogP contribution in [0, 0.1) is 0 Å². The predicted molar refractivity (Wildman–Crippen MR) is 171 cm³/mol. The summed E-state index contributed by atoms with van der Waals surface area (Å²) in [4.78, 5) is 26.5. The number of aromatic nitrogens is 6. The molecule has 0 saturated heterocycles. The monoisotopic (exact) mass is 694 g/mol. The molecule has 234 valence electrons. The highest BCUT2D eigenvalue weighted by atomic mass is 79.9. The van der Waals surface area contributed by atoms with Gasteiger partial charge in [0.25, 0.3) is 5.16 Å². The van der Waals surface area contributed by atoms with Gasteiger partial charge >= 0.3 is 6.09 Å². The van der Waals surface area contributed by atoms with Crippen molar-refractivity contribution in [2.75, 3.05) is 24.7 Å². The molecule has 3 heterocycles. The number of nitrogens with zero attached hydrogens (tertiary/aromatic N) is 7. The summed E-state index contributed by atoms with van der Waals surface area (Å²) in [7, 11) is -4.98. The number of hydrogen-bond acceptors (Lipinski definition) is 9. The largest absolute Gasteiger partial charge is 0.465 e. The van der Waals surface area contributed by atoms with Crippen LogP contribution in [0.3, 0.4) is 0 Å². The minimum Gasteiger partial charge on any atom is -0.465 e. The van der Waals surface area contributed by atoms with E-state index < -0.39 is 29.5 Å². The Morgan fingerprint density at radius 2 is 1.91 bits per heavy atom. The van der Waals surface area contributed by atoms with Crippen LogP contribution >= 0.6 is 15.9 Å². The molecule has 0 saturated carbocycles. The Bertz CT molecular complexity index is 1740. The van der Waals surface area contributed by atoms with Crippen molar-refractivity contribution >= 4 is 62.6 Å². The number of ether oxygens (including phenoxy) is 1. The molecule has 0 atom stereocenters. The first kappa shape index (κ1) is 32.8. The molecule has 13 nitrogen and oxygen atoms in total. The lowest BCUT2D eigenvalue weighted by atomic mass is 10.0. The van der Waals surface area contributed by atoms with Gasteiger partial charge in [0.2, 0.25) is 15.8 Å². The molecule has 4 rings (SSSR count). The van der Waals surface area contributed by atoms with Gasteiger partial charge in [-0.1, -0.05) is 25.7 Å². The van der Waals surface area contributed by atoms with Gasteiger partial charge in [-0.25, -0.2) is 18.2 Å². The fourth-order valence-electron chi connectivity index (χ4n) is 4.42. The quantitative estimate of drug-likeness (QED) is 0.155. The van der Waals surface area contributed by atoms with E-state index in [-0.39, 0.29) is 24.4 Å². The minimum atomic E-state index is -3.68. The minimum absolute atomic E-state index is 0.199. The number of imidazole rings is 1. The zero-order valence-corrected chi connectivity index (χ0v) is 29.0. The van der Waals surface area contributed by atoms with Gasteiger partial charge in [0.1, 0.15) is 12.6 Å². The third-order valence-electron chi connectivity index (χ3n) is 6.81. The van der Waals surface area contributed by atoms with Gasteiger partial charge in [-0.2, -0.15) is 19.6 Å². The van der Waals surface area contributed by atoms with Crippen molar-refractivity contribution in [2.24, 2.45) is 0 Å². The molecule has 0 spiro atoms. The molecule has 0 unspecified atom stereocenters. The van der Waals surface area contributed by atoms with Gasteiger partial charge in [0.15, 0.2) is 5.65 Å². The number of anilines is 1. The van der Waals surface area contributed by atoms with Crippen LogP contribution in [-0.4, -0.2) is 86.7 Å². The SMILES string of the molecule is CC(C)(C)N(CCc1ccc2nc(CNc3nc(S(C)(=O)=O)nc4c(Br)cnn34)n(COCC[Si](C)(C)C)c2c1)C(=O)O. The molecule has 43 heavy (non-hydrogen) atoms. The normalized spacial score (nSPS) is 12.7. The first-order valence-electron chi connectivity index (χ1n) is 13.9. The molecule has 0 aliphatic carbocycles. The van der Waals surface area contributed by atoms with Crippen molar-refractivity contribution in [3.05, 3.63) is 40.3 Å². The van der Waals surface area contributed by atoms with Gasteiger partial charge in [-0.3, -0.25) is 0 Å². The van der Waals surface area contributed by atoms with Crippen LogP contribution < -0.4 is 5.32 Å². The first-order valence-corrected chi connectivity index (χ1v) is 20.2. The fraction of sp³-hybridized carbons (Fsp3) is 0.519. The summed E-state index contributed by atoms with van der Waals surface area (Å²) in [5.74, 6) is 0.854. The highest BCUT2D eigenvalue weighted by Crippen LogP contribution is 2.23. The maximum absolute atomic E-state index is 12.3. The Morgan fingerprint density at radius 3 is 2.53 bits per heavy atom. The molecular weight excluding hydrogens is 656 g/mol. The van der Waals surface area contributed by atoms with Crippen molar-refractivity contribution in [3.8, 4) is 0 Å². The van der Waals surface area contributed by atoms with E-state index in [1.807, 2.05) is 43.5 Å². The molecular formula is C27H39BrN8O5SSi. The molecule has 0 radical (unpaired) electrons. The summed E-state index contributed by atoms with van der Waals surface area (Å²) in [5, 5.41) is 16.8. The van der Waals surface area contributed by atoms with Crippen molar-refractivity contribution in [2.45, 2.75) is 76.8 Å². The zero-order chi connectivity index (χ0) is 31.7. The lowest BCUT2D eigenvalue weighted by Gasteiger charge is -2.33. The molecule has 0 aliphatic rings. The summed E-state index contributed by atoms with van der Waals surface area (Å²) in [6.07, 6.45) is 2.16. The second-order valence-electron chi connectivity index (χ2n) is 12.7. The maximum Gasteiger partial charge on any atom is 0.407 e. The number of amides is 1. The van der Waals surface area contributed by atoms with E-state index in [4.69, 9.17) is 9.72 Å². The predicted octanol–water partition coefficient (Wildman–Crippen LogP) is 4.89. The van der Waals surface area contributed by atoms with Crippen molar-refractivity contribution in [3.63, 3.8) is 0 Å². The number of carbonyl (C=O) groups is 1. The molecule has 0 fully saturated rings. The molecule has 1 aromatic carbocycles. The average Bonchev–Trinajstić information content (AvgIpc) is 3.43.